The summed E-state index contributed by atoms with van der Waals surface area (Å²) in [7, 11) is -3.44. The predicted octanol–water partition coefficient (Wildman–Crippen LogP) is -1.66. The van der Waals surface area contributed by atoms with Crippen molar-refractivity contribution >= 4 is 8.07 Å². The highest BCUT2D eigenvalue weighted by molar-refractivity contribution is 6.87. The molecule has 3 heterocycles. The summed E-state index contributed by atoms with van der Waals surface area (Å²) in [4.78, 5) is 0. The van der Waals surface area contributed by atoms with Crippen molar-refractivity contribution in [1.29, 1.82) is 0 Å². The molecule has 3 fully saturated rings. The van der Waals surface area contributed by atoms with Gasteiger partial charge in [0.1, 0.15) is 0 Å². The lowest BCUT2D eigenvalue weighted by molar-refractivity contribution is -0.170. The van der Waals surface area contributed by atoms with Crippen LogP contribution in [0, 0.1) is 0 Å². The van der Waals surface area contributed by atoms with Crippen molar-refractivity contribution in [2.45, 2.75) is 79.1 Å². The molecule has 3 saturated heterocycles. The van der Waals surface area contributed by atoms with Crippen LogP contribution in [0.4, 0.5) is 0 Å². The largest absolute Gasteiger partial charge is 0.390 e. The molecule has 0 radical (unpaired) electrons. The summed E-state index contributed by atoms with van der Waals surface area (Å²) in [6.07, 6.45) is -2.05. The van der Waals surface area contributed by atoms with Gasteiger partial charge < -0.3 is 30.6 Å². The van der Waals surface area contributed by atoms with Gasteiger partial charge >= 0.3 is 0 Å². The third-order valence-corrected chi connectivity index (χ3v) is 13.6. The molecule has 6 nitrogen and oxygen atoms in total. The Labute approximate surface area is 118 Å². The van der Waals surface area contributed by atoms with Crippen LogP contribution in [-0.2, 0) is 0 Å². The molecule has 0 aromatic rings. The highest BCUT2D eigenvalue weighted by atomic mass is 28.3. The van der Waals surface area contributed by atoms with Crippen LogP contribution in [0.15, 0.2) is 0 Å². The van der Waals surface area contributed by atoms with Crippen molar-refractivity contribution in [3.63, 3.8) is 0 Å². The van der Waals surface area contributed by atoms with Crippen LogP contribution in [0.3, 0.4) is 0 Å². The first-order chi connectivity index (χ1) is 9.13. The van der Waals surface area contributed by atoms with E-state index >= 15 is 0 Å². The minimum atomic E-state index is -3.44. The number of aliphatic hydroxyl groups excluding tert-OH is 3. The Balaban J connectivity index is 2.23. The van der Waals surface area contributed by atoms with Crippen LogP contribution in [0.25, 0.3) is 0 Å². The van der Waals surface area contributed by atoms with Crippen molar-refractivity contribution in [3.05, 3.63) is 0 Å². The molecule has 6 N–H and O–H groups in total. The van der Waals surface area contributed by atoms with Gasteiger partial charge in [-0.25, -0.2) is 0 Å². The van der Waals surface area contributed by atoms with Crippen molar-refractivity contribution in [2.24, 2.45) is 0 Å². The highest BCUT2D eigenvalue weighted by Crippen LogP contribution is 2.59. The van der Waals surface area contributed by atoms with E-state index in [1.807, 2.05) is 0 Å². The fourth-order valence-corrected chi connectivity index (χ4v) is 11.8. The van der Waals surface area contributed by atoms with Crippen LogP contribution in [-0.4, -0.2) is 72.7 Å². The van der Waals surface area contributed by atoms with Crippen LogP contribution in [0.2, 0.25) is 6.55 Å². The normalized spacial score (nSPS) is 62.9. The second-order valence-electron chi connectivity index (χ2n) is 7.06. The summed E-state index contributed by atoms with van der Waals surface area (Å²) in [5.41, 5.74) is 0. The van der Waals surface area contributed by atoms with E-state index in [1.54, 1.807) is 6.55 Å². The van der Waals surface area contributed by atoms with Gasteiger partial charge in [-0.2, -0.15) is 0 Å². The Morgan fingerprint density at radius 3 is 1.20 bits per heavy atom. The number of aliphatic hydroxyl groups is 6. The maximum Gasteiger partial charge on any atom is 0.169 e. The molecule has 0 aliphatic carbocycles. The van der Waals surface area contributed by atoms with Gasteiger partial charge in [-0.05, 0) is 38.5 Å². The van der Waals surface area contributed by atoms with E-state index in [-0.39, 0.29) is 38.5 Å². The monoisotopic (exact) mass is 304 g/mol. The van der Waals surface area contributed by atoms with Gasteiger partial charge in [-0.3, -0.25) is 0 Å². The molecule has 116 valence electrons. The molecule has 0 unspecified atom stereocenters. The summed E-state index contributed by atoms with van der Waals surface area (Å²) in [5, 5.41) is 59.3. The topological polar surface area (TPSA) is 121 Å². The van der Waals surface area contributed by atoms with Crippen molar-refractivity contribution < 1.29 is 30.6 Å². The predicted molar refractivity (Wildman–Crippen MR) is 72.2 cm³/mol. The molecular weight excluding hydrogens is 280 g/mol. The van der Waals surface area contributed by atoms with Crippen LogP contribution in [0.5, 0.6) is 0 Å². The van der Waals surface area contributed by atoms with Gasteiger partial charge in [-0.1, -0.05) is 6.55 Å². The van der Waals surface area contributed by atoms with E-state index in [0.29, 0.717) is 0 Å². The Morgan fingerprint density at radius 2 is 0.950 bits per heavy atom. The smallest absolute Gasteiger partial charge is 0.169 e. The second kappa shape index (κ2) is 4.04. The Kier molecular flexibility index (Phi) is 3.01. The summed E-state index contributed by atoms with van der Waals surface area (Å²) >= 11 is 0. The lowest BCUT2D eigenvalue weighted by Crippen LogP contribution is -2.93. The molecule has 0 saturated carbocycles. The minimum Gasteiger partial charge on any atom is -0.390 e. The van der Waals surface area contributed by atoms with Gasteiger partial charge in [0, 0.05) is 0 Å². The Bertz CT molecular complexity index is 373. The molecular formula is C13H24O6Si. The zero-order valence-electron chi connectivity index (χ0n) is 11.7. The average Bonchev–Trinajstić information content (AvgIpc) is 2.41. The van der Waals surface area contributed by atoms with E-state index in [9.17, 15) is 30.6 Å². The van der Waals surface area contributed by atoms with Gasteiger partial charge in [0.05, 0.1) is 34.0 Å². The fraction of sp³-hybridized carbons (Fsp3) is 1.00. The molecule has 3 aliphatic rings. The standard InChI is InChI=1S/C13H24O6Si/c1-20-11(17)5-2-8(14)12(20,18)6-3-10(16)13(20,19)7-4-9(11)15/h8-10,14-19H,2-7H2,1H3/t8-,9-,10-,11+,12+,13+,20?/m0/s1. The second-order valence-corrected chi connectivity index (χ2v) is 11.9. The van der Waals surface area contributed by atoms with Crippen LogP contribution < -0.4 is 0 Å². The van der Waals surface area contributed by atoms with Crippen molar-refractivity contribution in [2.75, 3.05) is 0 Å². The van der Waals surface area contributed by atoms with E-state index in [2.05, 4.69) is 0 Å². The van der Waals surface area contributed by atoms with Crippen molar-refractivity contribution in [3.8, 4) is 0 Å². The van der Waals surface area contributed by atoms with E-state index in [4.69, 9.17) is 0 Å². The molecule has 7 heteroatoms. The highest BCUT2D eigenvalue weighted by Gasteiger charge is 2.80. The first-order valence-corrected chi connectivity index (χ1v) is 9.85. The lowest BCUT2D eigenvalue weighted by atomic mass is 9.88. The first-order valence-electron chi connectivity index (χ1n) is 7.35. The average molecular weight is 304 g/mol. The quantitative estimate of drug-likeness (QED) is 0.298. The molecule has 6 atom stereocenters. The summed E-state index contributed by atoms with van der Waals surface area (Å²) in [6, 6.07) is 0. The van der Waals surface area contributed by atoms with Gasteiger partial charge in [0.15, 0.2) is 8.07 Å². The van der Waals surface area contributed by atoms with Gasteiger partial charge in [0.25, 0.3) is 0 Å². The molecule has 0 aromatic carbocycles. The maximum absolute atomic E-state index is 11.1. The molecule has 20 heavy (non-hydrogen) atoms. The number of hydrogen-bond donors (Lipinski definition) is 6. The molecule has 0 aromatic heterocycles. The van der Waals surface area contributed by atoms with Crippen LogP contribution >= 0.6 is 0 Å². The SMILES string of the molecule is C[Si]12[C@]3(O)CC[C@H](O)[C@@]1(O)CC[C@H](O)[C@@]2(O)CC[C@@H]3O. The zero-order valence-corrected chi connectivity index (χ0v) is 12.7. The Morgan fingerprint density at radius 1 is 0.700 bits per heavy atom. The van der Waals surface area contributed by atoms with E-state index < -0.39 is 42.1 Å². The summed E-state index contributed by atoms with van der Waals surface area (Å²) in [5.74, 6) is 0. The summed E-state index contributed by atoms with van der Waals surface area (Å²) < 4.78 is 0. The van der Waals surface area contributed by atoms with Crippen molar-refractivity contribution in [1.82, 2.24) is 0 Å². The third kappa shape index (κ3) is 1.31. The first kappa shape index (κ1) is 14.9. The number of hydrogen-bond acceptors (Lipinski definition) is 6. The molecule has 0 spiro atoms. The lowest BCUT2D eigenvalue weighted by Gasteiger charge is -2.69. The molecule has 3 rings (SSSR count). The Hall–Kier alpha value is -0.0231. The van der Waals surface area contributed by atoms with Gasteiger partial charge in [0.2, 0.25) is 0 Å². The summed E-state index contributed by atoms with van der Waals surface area (Å²) in [6.45, 7) is 1.63. The number of rotatable bonds is 0. The maximum atomic E-state index is 11.1. The molecule has 0 amide bonds. The minimum absolute atomic E-state index is 0.148. The molecule has 0 bridgehead atoms. The molecule has 3 aliphatic heterocycles. The van der Waals surface area contributed by atoms with E-state index in [0.717, 1.165) is 0 Å². The zero-order chi connectivity index (χ0) is 15.0. The van der Waals surface area contributed by atoms with Crippen LogP contribution in [0.1, 0.15) is 38.5 Å². The third-order valence-electron chi connectivity index (χ3n) is 6.65. The fourth-order valence-electron chi connectivity index (χ4n) is 5.16. The van der Waals surface area contributed by atoms with E-state index in [1.165, 1.54) is 0 Å². The van der Waals surface area contributed by atoms with Gasteiger partial charge in [-0.15, -0.1) is 0 Å².